The van der Waals surface area contributed by atoms with Crippen LogP contribution in [0.4, 0.5) is 5.82 Å². The van der Waals surface area contributed by atoms with Gasteiger partial charge in [0.15, 0.2) is 5.82 Å². The Labute approximate surface area is 119 Å². The van der Waals surface area contributed by atoms with Gasteiger partial charge in [0.2, 0.25) is 0 Å². The maximum absolute atomic E-state index is 9.53. The number of halogens is 1. The van der Waals surface area contributed by atoms with E-state index in [2.05, 4.69) is 30.9 Å². The molecule has 0 aromatic carbocycles. The van der Waals surface area contributed by atoms with E-state index in [9.17, 15) is 5.11 Å². The lowest BCUT2D eigenvalue weighted by Gasteiger charge is -2.29. The van der Waals surface area contributed by atoms with Crippen molar-refractivity contribution < 1.29 is 5.11 Å². The number of hydrogen-bond donors (Lipinski definition) is 2. The van der Waals surface area contributed by atoms with Crippen LogP contribution in [-0.2, 0) is 6.54 Å². The maximum atomic E-state index is 9.53. The monoisotopic (exact) mass is 325 g/mol. The molecule has 1 fully saturated rings. The van der Waals surface area contributed by atoms with Crippen molar-refractivity contribution in [3.8, 4) is 0 Å². The summed E-state index contributed by atoms with van der Waals surface area (Å²) in [5.74, 6) is 0.474. The maximum Gasteiger partial charge on any atom is 0.152 e. The number of aromatic nitrogens is 3. The molecule has 0 spiro atoms. The molecule has 19 heavy (non-hydrogen) atoms. The summed E-state index contributed by atoms with van der Waals surface area (Å²) in [5, 5.41) is 13.8. The average molecular weight is 326 g/mol. The SMILES string of the molecule is Nc1ncnn2c(CN3CCC(O)CC3)cc(Br)c12. The number of nitrogens with two attached hydrogens (primary N) is 1. The molecular formula is C12H16BrN5O. The molecule has 0 unspecified atom stereocenters. The normalized spacial score (nSPS) is 18.2. The number of aliphatic hydroxyl groups excluding tert-OH is 1. The highest BCUT2D eigenvalue weighted by molar-refractivity contribution is 9.10. The van der Waals surface area contributed by atoms with Gasteiger partial charge < -0.3 is 10.8 Å². The molecule has 0 saturated carbocycles. The number of likely N-dealkylation sites (tertiary alicyclic amines) is 1. The first-order valence-electron chi connectivity index (χ1n) is 6.32. The van der Waals surface area contributed by atoms with E-state index >= 15 is 0 Å². The third-order valence-corrected chi connectivity index (χ3v) is 4.16. The fourth-order valence-corrected chi connectivity index (χ4v) is 3.14. The van der Waals surface area contributed by atoms with Crippen LogP contribution in [0, 0.1) is 0 Å². The van der Waals surface area contributed by atoms with Crippen molar-refractivity contribution in [2.24, 2.45) is 0 Å². The highest BCUT2D eigenvalue weighted by Gasteiger charge is 2.19. The Kier molecular flexibility index (Phi) is 3.42. The predicted molar refractivity (Wildman–Crippen MR) is 75.6 cm³/mol. The highest BCUT2D eigenvalue weighted by Crippen LogP contribution is 2.26. The van der Waals surface area contributed by atoms with Crippen LogP contribution >= 0.6 is 15.9 Å². The largest absolute Gasteiger partial charge is 0.393 e. The van der Waals surface area contributed by atoms with E-state index in [0.717, 1.165) is 48.2 Å². The number of piperidine rings is 1. The molecule has 1 aliphatic heterocycles. The van der Waals surface area contributed by atoms with Crippen molar-refractivity contribution in [3.05, 3.63) is 22.6 Å². The third-order valence-electron chi connectivity index (χ3n) is 3.55. The standard InChI is InChI=1S/C12H16BrN5O/c13-10-5-8(6-17-3-1-9(19)2-4-17)18-11(10)12(14)15-7-16-18/h5,7,9,19H,1-4,6H2,(H2,14,15,16). The highest BCUT2D eigenvalue weighted by atomic mass is 79.9. The fraction of sp³-hybridized carbons (Fsp3) is 0.500. The van der Waals surface area contributed by atoms with E-state index in [-0.39, 0.29) is 6.10 Å². The Hall–Kier alpha value is -1.18. The lowest BCUT2D eigenvalue weighted by Crippen LogP contribution is -2.35. The number of nitrogens with zero attached hydrogens (tertiary/aromatic N) is 4. The first kappa shape index (κ1) is 12.8. The number of anilines is 1. The van der Waals surface area contributed by atoms with E-state index in [4.69, 9.17) is 5.73 Å². The van der Waals surface area contributed by atoms with E-state index in [1.165, 1.54) is 6.33 Å². The molecule has 7 heteroatoms. The van der Waals surface area contributed by atoms with Gasteiger partial charge in [0, 0.05) is 24.1 Å². The van der Waals surface area contributed by atoms with E-state index in [1.54, 1.807) is 0 Å². The second kappa shape index (κ2) is 5.07. The molecule has 0 atom stereocenters. The number of fused-ring (bicyclic) bond motifs is 1. The summed E-state index contributed by atoms with van der Waals surface area (Å²) in [6.45, 7) is 2.62. The minimum Gasteiger partial charge on any atom is -0.393 e. The second-order valence-corrected chi connectivity index (χ2v) is 5.75. The second-order valence-electron chi connectivity index (χ2n) is 4.90. The van der Waals surface area contributed by atoms with Crippen LogP contribution < -0.4 is 5.73 Å². The molecule has 2 aromatic rings. The zero-order valence-electron chi connectivity index (χ0n) is 10.5. The molecule has 0 radical (unpaired) electrons. The molecule has 3 heterocycles. The average Bonchev–Trinajstić information content (AvgIpc) is 2.70. The van der Waals surface area contributed by atoms with Gasteiger partial charge >= 0.3 is 0 Å². The van der Waals surface area contributed by atoms with Gasteiger partial charge in [-0.05, 0) is 34.8 Å². The zero-order chi connectivity index (χ0) is 13.4. The number of nitrogen functional groups attached to an aromatic ring is 1. The summed E-state index contributed by atoms with van der Waals surface area (Å²) >= 11 is 3.50. The van der Waals surface area contributed by atoms with E-state index < -0.39 is 0 Å². The van der Waals surface area contributed by atoms with Crippen LogP contribution in [0.3, 0.4) is 0 Å². The van der Waals surface area contributed by atoms with Crippen LogP contribution in [0.5, 0.6) is 0 Å². The molecule has 0 amide bonds. The molecule has 0 bridgehead atoms. The van der Waals surface area contributed by atoms with Gasteiger partial charge in [0.1, 0.15) is 11.8 Å². The van der Waals surface area contributed by atoms with E-state index in [1.807, 2.05) is 10.6 Å². The summed E-state index contributed by atoms with van der Waals surface area (Å²) < 4.78 is 2.75. The van der Waals surface area contributed by atoms with Gasteiger partial charge in [0.25, 0.3) is 0 Å². The van der Waals surface area contributed by atoms with Gasteiger partial charge in [-0.3, -0.25) is 4.90 Å². The van der Waals surface area contributed by atoms with Crippen molar-refractivity contribution in [1.82, 2.24) is 19.5 Å². The number of hydrogen-bond acceptors (Lipinski definition) is 5. The Morgan fingerprint density at radius 3 is 2.89 bits per heavy atom. The summed E-state index contributed by atoms with van der Waals surface area (Å²) in [4.78, 5) is 6.33. The molecule has 3 rings (SSSR count). The Morgan fingerprint density at radius 1 is 1.42 bits per heavy atom. The molecule has 3 N–H and O–H groups in total. The minimum atomic E-state index is -0.148. The van der Waals surface area contributed by atoms with E-state index in [0.29, 0.717) is 5.82 Å². The zero-order valence-corrected chi connectivity index (χ0v) is 12.0. The number of rotatable bonds is 2. The lowest BCUT2D eigenvalue weighted by atomic mass is 10.1. The Bertz CT molecular complexity index is 591. The van der Waals surface area contributed by atoms with Crippen molar-refractivity contribution in [2.45, 2.75) is 25.5 Å². The van der Waals surface area contributed by atoms with Gasteiger partial charge in [-0.15, -0.1) is 0 Å². The Morgan fingerprint density at radius 2 is 2.16 bits per heavy atom. The summed E-state index contributed by atoms with van der Waals surface area (Å²) in [6.07, 6.45) is 2.99. The topological polar surface area (TPSA) is 79.7 Å². The molecule has 0 aliphatic carbocycles. The number of aliphatic hydroxyl groups is 1. The first-order chi connectivity index (χ1) is 9.15. The summed E-state index contributed by atoms with van der Waals surface area (Å²) in [6, 6.07) is 2.03. The van der Waals surface area contributed by atoms with Crippen LogP contribution in [0.25, 0.3) is 5.52 Å². The van der Waals surface area contributed by atoms with Crippen LogP contribution in [-0.4, -0.2) is 43.8 Å². The minimum absolute atomic E-state index is 0.148. The fourth-order valence-electron chi connectivity index (χ4n) is 2.50. The van der Waals surface area contributed by atoms with Gasteiger partial charge in [-0.1, -0.05) is 0 Å². The van der Waals surface area contributed by atoms with Crippen LogP contribution in [0.1, 0.15) is 18.5 Å². The van der Waals surface area contributed by atoms with Crippen LogP contribution in [0.2, 0.25) is 0 Å². The smallest absolute Gasteiger partial charge is 0.152 e. The Balaban J connectivity index is 1.87. The van der Waals surface area contributed by atoms with Gasteiger partial charge in [0.05, 0.1) is 11.8 Å². The molecule has 2 aromatic heterocycles. The molecular weight excluding hydrogens is 310 g/mol. The van der Waals surface area contributed by atoms with Gasteiger partial charge in [-0.2, -0.15) is 5.10 Å². The summed E-state index contributed by atoms with van der Waals surface area (Å²) in [5.41, 5.74) is 7.76. The third kappa shape index (κ3) is 2.45. The van der Waals surface area contributed by atoms with Crippen molar-refractivity contribution in [2.75, 3.05) is 18.8 Å². The molecule has 102 valence electrons. The molecule has 1 saturated heterocycles. The lowest BCUT2D eigenvalue weighted by molar-refractivity contribution is 0.0784. The van der Waals surface area contributed by atoms with Crippen molar-refractivity contribution >= 4 is 27.3 Å². The first-order valence-corrected chi connectivity index (χ1v) is 7.11. The molecule has 1 aliphatic rings. The quantitative estimate of drug-likeness (QED) is 0.862. The predicted octanol–water partition coefficient (Wildman–Crippen LogP) is 1.03. The molecule has 6 nitrogen and oxygen atoms in total. The van der Waals surface area contributed by atoms with Crippen molar-refractivity contribution in [3.63, 3.8) is 0 Å². The van der Waals surface area contributed by atoms with Crippen molar-refractivity contribution in [1.29, 1.82) is 0 Å². The summed E-state index contributed by atoms with van der Waals surface area (Å²) in [7, 11) is 0. The van der Waals surface area contributed by atoms with Gasteiger partial charge in [-0.25, -0.2) is 9.50 Å². The van der Waals surface area contributed by atoms with Crippen LogP contribution in [0.15, 0.2) is 16.9 Å².